The van der Waals surface area contributed by atoms with Gasteiger partial charge >= 0.3 is 5.97 Å². The summed E-state index contributed by atoms with van der Waals surface area (Å²) in [6.45, 7) is 1.69. The van der Waals surface area contributed by atoms with Crippen molar-refractivity contribution in [3.63, 3.8) is 0 Å². The molecule has 2 aromatic rings. The summed E-state index contributed by atoms with van der Waals surface area (Å²) in [5.74, 6) is 0.0154. The topological polar surface area (TPSA) is 57.5 Å². The van der Waals surface area contributed by atoms with E-state index in [0.29, 0.717) is 21.7 Å². The minimum atomic E-state index is -0.562. The summed E-state index contributed by atoms with van der Waals surface area (Å²) in [5, 5.41) is 0.806. The van der Waals surface area contributed by atoms with Crippen molar-refractivity contribution in [2.24, 2.45) is 0 Å². The van der Waals surface area contributed by atoms with Gasteiger partial charge in [-0.1, -0.05) is 11.6 Å². The Morgan fingerprint density at radius 1 is 1.35 bits per heavy atom. The molecule has 20 heavy (non-hydrogen) atoms. The predicted octanol–water partition coefficient (Wildman–Crippen LogP) is 2.40. The van der Waals surface area contributed by atoms with Crippen molar-refractivity contribution in [2.75, 3.05) is 14.2 Å². The van der Waals surface area contributed by atoms with E-state index in [0.717, 1.165) is 0 Å². The second-order valence-corrected chi connectivity index (χ2v) is 4.70. The van der Waals surface area contributed by atoms with Gasteiger partial charge in [0.05, 0.1) is 24.8 Å². The van der Waals surface area contributed by atoms with Crippen molar-refractivity contribution in [2.45, 2.75) is 13.0 Å². The number of carbonyl (C=O) groups excluding carboxylic acids is 1. The molecule has 5 nitrogen and oxygen atoms in total. The summed E-state index contributed by atoms with van der Waals surface area (Å²) in [6, 6.07) is 4.01. The number of methoxy groups -OCH3 is 2. The second kappa shape index (κ2) is 5.54. The van der Waals surface area contributed by atoms with Crippen LogP contribution in [-0.4, -0.2) is 24.8 Å². The quantitative estimate of drug-likeness (QED) is 0.816. The average molecular weight is 296 g/mol. The lowest BCUT2D eigenvalue weighted by atomic mass is 10.1. The summed E-state index contributed by atoms with van der Waals surface area (Å²) in [5.41, 5.74) is 0.393. The Kier molecular flexibility index (Phi) is 3.99. The minimum Gasteiger partial charge on any atom is -0.495 e. The molecule has 0 bridgehead atoms. The SMILES string of the molecule is COC(=O)[C@@H](C)n1ccc(=O)c2cc(OC)c(Cl)cc21. The molecule has 0 amide bonds. The number of esters is 1. The lowest BCUT2D eigenvalue weighted by Crippen LogP contribution is -2.20. The molecule has 0 saturated carbocycles. The molecule has 1 atom stereocenters. The van der Waals surface area contributed by atoms with Crippen molar-refractivity contribution in [1.82, 2.24) is 4.57 Å². The van der Waals surface area contributed by atoms with Crippen molar-refractivity contribution in [1.29, 1.82) is 0 Å². The Morgan fingerprint density at radius 2 is 2.05 bits per heavy atom. The summed E-state index contributed by atoms with van der Waals surface area (Å²) in [6.07, 6.45) is 1.55. The van der Waals surface area contributed by atoms with Crippen molar-refractivity contribution >= 4 is 28.5 Å². The summed E-state index contributed by atoms with van der Waals surface area (Å²) in [4.78, 5) is 23.6. The molecule has 0 spiro atoms. The Balaban J connectivity index is 2.75. The lowest BCUT2D eigenvalue weighted by Gasteiger charge is -2.17. The van der Waals surface area contributed by atoms with Crippen LogP contribution in [0, 0.1) is 0 Å². The number of hydrogen-bond acceptors (Lipinski definition) is 4. The molecule has 6 heteroatoms. The molecule has 0 unspecified atom stereocenters. The predicted molar refractivity (Wildman–Crippen MR) is 76.5 cm³/mol. The number of ether oxygens (including phenoxy) is 2. The van der Waals surface area contributed by atoms with E-state index in [1.807, 2.05) is 0 Å². The molecule has 1 aromatic carbocycles. The van der Waals surface area contributed by atoms with E-state index >= 15 is 0 Å². The third-order valence-corrected chi connectivity index (χ3v) is 3.46. The number of benzene rings is 1. The number of hydrogen-bond donors (Lipinski definition) is 0. The van der Waals surface area contributed by atoms with Gasteiger partial charge in [0.2, 0.25) is 0 Å². The number of aromatic nitrogens is 1. The average Bonchev–Trinajstić information content (AvgIpc) is 2.45. The highest BCUT2D eigenvalue weighted by molar-refractivity contribution is 6.32. The van der Waals surface area contributed by atoms with Gasteiger partial charge in [-0.25, -0.2) is 4.79 Å². The maximum atomic E-state index is 11.9. The van der Waals surface area contributed by atoms with E-state index < -0.39 is 12.0 Å². The molecule has 1 aromatic heterocycles. The Morgan fingerprint density at radius 3 is 2.65 bits per heavy atom. The molecular weight excluding hydrogens is 282 g/mol. The lowest BCUT2D eigenvalue weighted by molar-refractivity contribution is -0.143. The minimum absolute atomic E-state index is 0.164. The molecular formula is C14H14ClNO4. The highest BCUT2D eigenvalue weighted by Crippen LogP contribution is 2.29. The van der Waals surface area contributed by atoms with Crippen LogP contribution in [-0.2, 0) is 9.53 Å². The fourth-order valence-electron chi connectivity index (χ4n) is 2.05. The van der Waals surface area contributed by atoms with Gasteiger partial charge in [0.15, 0.2) is 5.43 Å². The zero-order valence-electron chi connectivity index (χ0n) is 11.3. The van der Waals surface area contributed by atoms with Crippen LogP contribution < -0.4 is 10.2 Å². The van der Waals surface area contributed by atoms with Crippen LogP contribution in [0.2, 0.25) is 5.02 Å². The first-order chi connectivity index (χ1) is 9.49. The van der Waals surface area contributed by atoms with E-state index in [-0.39, 0.29) is 5.43 Å². The zero-order chi connectivity index (χ0) is 14.9. The summed E-state index contributed by atoms with van der Waals surface area (Å²) >= 11 is 6.09. The van der Waals surface area contributed by atoms with Crippen LogP contribution in [0.4, 0.5) is 0 Å². The largest absolute Gasteiger partial charge is 0.495 e. The van der Waals surface area contributed by atoms with Crippen LogP contribution in [0.5, 0.6) is 5.75 Å². The first-order valence-corrected chi connectivity index (χ1v) is 6.33. The van der Waals surface area contributed by atoms with E-state index in [1.165, 1.54) is 20.3 Å². The summed E-state index contributed by atoms with van der Waals surface area (Å²) < 4.78 is 11.5. The number of pyridine rings is 1. The highest BCUT2D eigenvalue weighted by atomic mass is 35.5. The van der Waals surface area contributed by atoms with Gasteiger partial charge in [0.1, 0.15) is 11.8 Å². The first kappa shape index (κ1) is 14.4. The van der Waals surface area contributed by atoms with Crippen molar-refractivity contribution in [3.05, 3.63) is 39.6 Å². The number of nitrogens with zero attached hydrogens (tertiary/aromatic N) is 1. The standard InChI is InChI=1S/C14H14ClNO4/c1-8(14(18)20-3)16-5-4-12(17)9-6-13(19-2)10(15)7-11(9)16/h4-8H,1-3H3/t8-/m1/s1. The molecule has 0 aliphatic heterocycles. The van der Waals surface area contributed by atoms with Crippen molar-refractivity contribution < 1.29 is 14.3 Å². The van der Waals surface area contributed by atoms with Crippen LogP contribution in [0.3, 0.4) is 0 Å². The fourth-order valence-corrected chi connectivity index (χ4v) is 2.29. The third-order valence-electron chi connectivity index (χ3n) is 3.16. The molecule has 0 saturated heterocycles. The Bertz CT molecular complexity index is 723. The molecule has 106 valence electrons. The molecule has 1 heterocycles. The smallest absolute Gasteiger partial charge is 0.328 e. The zero-order valence-corrected chi connectivity index (χ0v) is 12.1. The van der Waals surface area contributed by atoms with Gasteiger partial charge in [-0.15, -0.1) is 0 Å². The van der Waals surface area contributed by atoms with Gasteiger partial charge in [0.25, 0.3) is 0 Å². The van der Waals surface area contributed by atoms with E-state index in [9.17, 15) is 9.59 Å². The van der Waals surface area contributed by atoms with E-state index in [1.54, 1.807) is 29.8 Å². The van der Waals surface area contributed by atoms with Gasteiger partial charge in [-0.05, 0) is 19.1 Å². The summed E-state index contributed by atoms with van der Waals surface area (Å²) in [7, 11) is 2.80. The number of carbonyl (C=O) groups is 1. The van der Waals surface area contributed by atoms with Crippen molar-refractivity contribution in [3.8, 4) is 5.75 Å². The van der Waals surface area contributed by atoms with Gasteiger partial charge in [-0.2, -0.15) is 0 Å². The van der Waals surface area contributed by atoms with Crippen LogP contribution in [0.15, 0.2) is 29.2 Å². The van der Waals surface area contributed by atoms with E-state index in [2.05, 4.69) is 0 Å². The maximum absolute atomic E-state index is 11.9. The molecule has 0 aliphatic rings. The third kappa shape index (κ3) is 2.36. The van der Waals surface area contributed by atoms with Gasteiger partial charge in [0, 0.05) is 17.6 Å². The van der Waals surface area contributed by atoms with E-state index in [4.69, 9.17) is 21.1 Å². The number of rotatable bonds is 3. The monoisotopic (exact) mass is 295 g/mol. The maximum Gasteiger partial charge on any atom is 0.328 e. The Hall–Kier alpha value is -2.01. The van der Waals surface area contributed by atoms with Crippen LogP contribution in [0.25, 0.3) is 10.9 Å². The molecule has 0 aliphatic carbocycles. The van der Waals surface area contributed by atoms with Gasteiger partial charge in [-0.3, -0.25) is 4.79 Å². The normalized spacial score (nSPS) is 12.2. The number of fused-ring (bicyclic) bond motifs is 1. The highest BCUT2D eigenvalue weighted by Gasteiger charge is 2.18. The van der Waals surface area contributed by atoms with Gasteiger partial charge < -0.3 is 14.0 Å². The number of halogens is 1. The second-order valence-electron chi connectivity index (χ2n) is 4.29. The molecule has 2 rings (SSSR count). The van der Waals surface area contributed by atoms with Crippen LogP contribution >= 0.6 is 11.6 Å². The molecule has 0 fully saturated rings. The molecule has 0 N–H and O–H groups in total. The van der Waals surface area contributed by atoms with Crippen LogP contribution in [0.1, 0.15) is 13.0 Å². The Labute approximate surface area is 120 Å². The fraction of sp³-hybridized carbons (Fsp3) is 0.286. The molecule has 0 radical (unpaired) electrons. The first-order valence-electron chi connectivity index (χ1n) is 5.95.